The zero-order chi connectivity index (χ0) is 12.4. The Balaban J connectivity index is 1.50. The molecule has 18 heavy (non-hydrogen) atoms. The zero-order valence-corrected chi connectivity index (χ0v) is 10.9. The molecule has 0 aliphatic carbocycles. The molecule has 1 spiro atoms. The van der Waals surface area contributed by atoms with E-state index < -0.39 is 0 Å². The van der Waals surface area contributed by atoms with E-state index in [4.69, 9.17) is 13.9 Å². The van der Waals surface area contributed by atoms with E-state index in [0.717, 1.165) is 50.5 Å². The molecule has 1 aromatic heterocycles. The summed E-state index contributed by atoms with van der Waals surface area (Å²) in [7, 11) is 0. The Morgan fingerprint density at radius 3 is 2.94 bits per heavy atom. The smallest absolute Gasteiger partial charge is 0.129 e. The first-order valence-electron chi connectivity index (χ1n) is 6.77. The number of hydrogen-bond donors (Lipinski definition) is 1. The quantitative estimate of drug-likeness (QED) is 0.892. The highest BCUT2D eigenvalue weighted by Crippen LogP contribution is 2.35. The lowest BCUT2D eigenvalue weighted by Crippen LogP contribution is -2.41. The summed E-state index contributed by atoms with van der Waals surface area (Å²) in [6.07, 6.45) is 3.45. The van der Waals surface area contributed by atoms with E-state index in [1.165, 1.54) is 0 Å². The summed E-state index contributed by atoms with van der Waals surface area (Å²) in [5.74, 6) is 1.84. The number of hydrogen-bond acceptors (Lipinski definition) is 4. The average Bonchev–Trinajstić information content (AvgIpc) is 2.96. The molecule has 1 aromatic rings. The molecule has 4 nitrogen and oxygen atoms in total. The predicted octanol–water partition coefficient (Wildman–Crippen LogP) is 2.02. The Morgan fingerprint density at radius 1 is 1.39 bits per heavy atom. The van der Waals surface area contributed by atoms with Gasteiger partial charge in [-0.3, -0.25) is 0 Å². The van der Waals surface area contributed by atoms with Crippen LogP contribution in [0.2, 0.25) is 0 Å². The zero-order valence-electron chi connectivity index (χ0n) is 10.9. The first-order valence-corrected chi connectivity index (χ1v) is 6.77. The number of aryl methyl sites for hydroxylation is 1. The van der Waals surface area contributed by atoms with Crippen molar-refractivity contribution in [2.75, 3.05) is 19.7 Å². The molecule has 4 heteroatoms. The normalized spacial score (nSPS) is 26.8. The second kappa shape index (κ2) is 5.03. The van der Waals surface area contributed by atoms with Gasteiger partial charge in [0.1, 0.15) is 18.1 Å². The van der Waals surface area contributed by atoms with Crippen molar-refractivity contribution in [1.82, 2.24) is 5.32 Å². The van der Waals surface area contributed by atoms with Crippen LogP contribution in [0.4, 0.5) is 0 Å². The van der Waals surface area contributed by atoms with Gasteiger partial charge in [0.25, 0.3) is 0 Å². The highest BCUT2D eigenvalue weighted by atomic mass is 16.6. The summed E-state index contributed by atoms with van der Waals surface area (Å²) in [6.45, 7) is 5.34. The Bertz CT molecular complexity index is 395. The van der Waals surface area contributed by atoms with Gasteiger partial charge in [0, 0.05) is 6.42 Å². The molecule has 2 saturated heterocycles. The topological polar surface area (TPSA) is 43.6 Å². The van der Waals surface area contributed by atoms with Crippen molar-refractivity contribution >= 4 is 0 Å². The van der Waals surface area contributed by atoms with Gasteiger partial charge in [-0.1, -0.05) is 0 Å². The summed E-state index contributed by atoms with van der Waals surface area (Å²) in [4.78, 5) is 0. The molecule has 0 bridgehead atoms. The Kier molecular flexibility index (Phi) is 3.41. The lowest BCUT2D eigenvalue weighted by molar-refractivity contribution is -0.0247. The largest absolute Gasteiger partial charge is 0.464 e. The van der Waals surface area contributed by atoms with Crippen molar-refractivity contribution in [3.8, 4) is 0 Å². The molecule has 0 radical (unpaired) electrons. The van der Waals surface area contributed by atoms with E-state index in [1.54, 1.807) is 0 Å². The van der Waals surface area contributed by atoms with Crippen molar-refractivity contribution in [3.05, 3.63) is 23.7 Å². The Labute approximate surface area is 108 Å². The molecule has 0 saturated carbocycles. The van der Waals surface area contributed by atoms with Crippen LogP contribution in [0.1, 0.15) is 30.8 Å². The molecule has 0 aromatic carbocycles. The second-order valence-corrected chi connectivity index (χ2v) is 5.39. The van der Waals surface area contributed by atoms with Crippen molar-refractivity contribution < 1.29 is 13.9 Å². The average molecular weight is 251 g/mol. The van der Waals surface area contributed by atoms with E-state index in [1.807, 2.05) is 19.1 Å². The van der Waals surface area contributed by atoms with Crippen LogP contribution in [0.3, 0.4) is 0 Å². The lowest BCUT2D eigenvalue weighted by atomic mass is 9.89. The maximum Gasteiger partial charge on any atom is 0.129 e. The Morgan fingerprint density at radius 2 is 2.22 bits per heavy atom. The van der Waals surface area contributed by atoms with Crippen LogP contribution >= 0.6 is 0 Å². The van der Waals surface area contributed by atoms with Crippen LogP contribution in [0.15, 0.2) is 16.5 Å². The Hall–Kier alpha value is -0.840. The van der Waals surface area contributed by atoms with Gasteiger partial charge in [-0.15, -0.1) is 0 Å². The van der Waals surface area contributed by atoms with Crippen LogP contribution < -0.4 is 5.32 Å². The molecule has 1 atom stereocenters. The van der Waals surface area contributed by atoms with E-state index in [9.17, 15) is 0 Å². The van der Waals surface area contributed by atoms with Gasteiger partial charge < -0.3 is 19.2 Å². The first kappa shape index (κ1) is 12.2. The number of rotatable bonds is 3. The van der Waals surface area contributed by atoms with Gasteiger partial charge in [-0.05, 0) is 45.0 Å². The predicted molar refractivity (Wildman–Crippen MR) is 67.4 cm³/mol. The first-order chi connectivity index (χ1) is 8.76. The minimum atomic E-state index is 0.0784. The molecule has 1 N–H and O–H groups in total. The van der Waals surface area contributed by atoms with Crippen LogP contribution in [0.5, 0.6) is 0 Å². The van der Waals surface area contributed by atoms with Crippen LogP contribution in [-0.2, 0) is 16.1 Å². The van der Waals surface area contributed by atoms with Crippen LogP contribution in [0.25, 0.3) is 0 Å². The molecule has 100 valence electrons. The summed E-state index contributed by atoms with van der Waals surface area (Å²) in [5.41, 5.74) is 0.0784. The molecular formula is C14H21NO3. The van der Waals surface area contributed by atoms with Gasteiger partial charge in [0.2, 0.25) is 0 Å². The fourth-order valence-electron chi connectivity index (χ4n) is 2.90. The maximum absolute atomic E-state index is 5.99. The molecule has 2 aliphatic heterocycles. The number of nitrogens with one attached hydrogen (secondary N) is 1. The highest BCUT2D eigenvalue weighted by molar-refractivity contribution is 5.04. The van der Waals surface area contributed by atoms with Crippen molar-refractivity contribution in [2.45, 2.75) is 44.5 Å². The second-order valence-electron chi connectivity index (χ2n) is 5.39. The SMILES string of the molecule is Cc1ccc(COC2COC3(CCNCC3)C2)o1. The lowest BCUT2D eigenvalue weighted by Gasteiger charge is -2.32. The van der Waals surface area contributed by atoms with Gasteiger partial charge in [-0.25, -0.2) is 0 Å². The van der Waals surface area contributed by atoms with Crippen LogP contribution in [0, 0.1) is 6.92 Å². The molecule has 2 aliphatic rings. The highest BCUT2D eigenvalue weighted by Gasteiger charge is 2.41. The standard InChI is InChI=1S/C14H21NO3/c1-11-2-3-12(18-11)9-16-13-8-14(17-10-13)4-6-15-7-5-14/h2-3,13,15H,4-10H2,1H3. The van der Waals surface area contributed by atoms with Gasteiger partial charge in [0.05, 0.1) is 18.3 Å². The van der Waals surface area contributed by atoms with E-state index in [2.05, 4.69) is 5.32 Å². The summed E-state index contributed by atoms with van der Waals surface area (Å²) in [6, 6.07) is 3.95. The molecule has 1 unspecified atom stereocenters. The van der Waals surface area contributed by atoms with Gasteiger partial charge >= 0.3 is 0 Å². The molecule has 3 rings (SSSR count). The fraction of sp³-hybridized carbons (Fsp3) is 0.714. The fourth-order valence-corrected chi connectivity index (χ4v) is 2.90. The molecule has 0 amide bonds. The van der Waals surface area contributed by atoms with Gasteiger partial charge in [0.15, 0.2) is 0 Å². The summed E-state index contributed by atoms with van der Waals surface area (Å²) < 4.78 is 17.4. The van der Waals surface area contributed by atoms with Crippen molar-refractivity contribution in [1.29, 1.82) is 0 Å². The summed E-state index contributed by atoms with van der Waals surface area (Å²) in [5, 5.41) is 3.38. The monoisotopic (exact) mass is 251 g/mol. The van der Waals surface area contributed by atoms with Crippen molar-refractivity contribution in [3.63, 3.8) is 0 Å². The van der Waals surface area contributed by atoms with E-state index >= 15 is 0 Å². The third-order valence-corrected chi connectivity index (χ3v) is 3.95. The molecular weight excluding hydrogens is 230 g/mol. The minimum Gasteiger partial charge on any atom is -0.464 e. The van der Waals surface area contributed by atoms with Gasteiger partial charge in [-0.2, -0.15) is 0 Å². The third kappa shape index (κ3) is 2.60. The summed E-state index contributed by atoms with van der Waals surface area (Å²) >= 11 is 0. The van der Waals surface area contributed by atoms with E-state index in [-0.39, 0.29) is 11.7 Å². The number of ether oxygens (including phenoxy) is 2. The minimum absolute atomic E-state index is 0.0784. The van der Waals surface area contributed by atoms with Crippen LogP contribution in [-0.4, -0.2) is 31.4 Å². The van der Waals surface area contributed by atoms with Crippen molar-refractivity contribution in [2.24, 2.45) is 0 Å². The van der Waals surface area contributed by atoms with E-state index in [0.29, 0.717) is 6.61 Å². The number of piperidine rings is 1. The number of furan rings is 1. The maximum atomic E-state index is 5.99. The molecule has 2 fully saturated rings. The molecule has 3 heterocycles. The third-order valence-electron chi connectivity index (χ3n) is 3.95.